The molecule has 2 heterocycles. The molecule has 11 nitrogen and oxygen atoms in total. The molecule has 0 bridgehead atoms. The van der Waals surface area contributed by atoms with Crippen LogP contribution in [-0.4, -0.2) is 35.2 Å². The van der Waals surface area contributed by atoms with Gasteiger partial charge in [0.2, 0.25) is 11.8 Å². The van der Waals surface area contributed by atoms with Crippen molar-refractivity contribution in [1.29, 1.82) is 0 Å². The van der Waals surface area contributed by atoms with Gasteiger partial charge in [-0.1, -0.05) is 23.7 Å². The Morgan fingerprint density at radius 3 is 2.47 bits per heavy atom. The van der Waals surface area contributed by atoms with Gasteiger partial charge in [-0.05, 0) is 62.2 Å². The maximum atomic E-state index is 13.5. The Bertz CT molecular complexity index is 1580. The predicted molar refractivity (Wildman–Crippen MR) is 141 cm³/mol. The molecule has 0 spiro atoms. The quantitative estimate of drug-likeness (QED) is 0.326. The number of halogens is 1. The van der Waals surface area contributed by atoms with Gasteiger partial charge in [0, 0.05) is 29.6 Å². The molecule has 12 heteroatoms. The first-order valence-electron chi connectivity index (χ1n) is 11.5. The van der Waals surface area contributed by atoms with E-state index in [1.54, 1.807) is 48.7 Å². The van der Waals surface area contributed by atoms with Crippen molar-refractivity contribution in [2.75, 3.05) is 5.32 Å². The summed E-state index contributed by atoms with van der Waals surface area (Å²) in [6.45, 7) is 4.42. The molecule has 4 aromatic rings. The second-order valence-electron chi connectivity index (χ2n) is 9.24. The second-order valence-corrected chi connectivity index (χ2v) is 9.68. The van der Waals surface area contributed by atoms with Crippen molar-refractivity contribution >= 4 is 29.2 Å². The van der Waals surface area contributed by atoms with E-state index >= 15 is 0 Å². The Morgan fingerprint density at radius 2 is 1.84 bits per heavy atom. The van der Waals surface area contributed by atoms with E-state index in [0.29, 0.717) is 22.3 Å². The van der Waals surface area contributed by atoms with Crippen molar-refractivity contribution in [2.24, 2.45) is 5.41 Å². The molecule has 0 amide bonds. The van der Waals surface area contributed by atoms with Crippen LogP contribution in [-0.2, 0) is 17.9 Å². The zero-order chi connectivity index (χ0) is 27.4. The van der Waals surface area contributed by atoms with Crippen LogP contribution in [0.5, 0.6) is 11.6 Å². The molecule has 2 aromatic heterocycles. The van der Waals surface area contributed by atoms with Gasteiger partial charge in [-0.25, -0.2) is 19.1 Å². The van der Waals surface area contributed by atoms with E-state index in [4.69, 9.17) is 16.3 Å². The number of aryl methyl sites for hydroxylation is 1. The lowest BCUT2D eigenvalue weighted by Gasteiger charge is -2.21. The largest absolute Gasteiger partial charge is 0.481 e. The number of ether oxygens (including phenoxy) is 1. The summed E-state index contributed by atoms with van der Waals surface area (Å²) in [5.41, 5.74) is -0.895. The lowest BCUT2D eigenvalue weighted by Crippen LogP contribution is -2.46. The van der Waals surface area contributed by atoms with Crippen LogP contribution in [0.15, 0.2) is 70.6 Å². The number of rotatable bonds is 9. The predicted octanol–water partition coefficient (Wildman–Crippen LogP) is 3.85. The third kappa shape index (κ3) is 6.06. The summed E-state index contributed by atoms with van der Waals surface area (Å²) in [7, 11) is 0. The maximum Gasteiger partial charge on any atom is 0.354 e. The van der Waals surface area contributed by atoms with Crippen molar-refractivity contribution in [3.63, 3.8) is 0 Å². The third-order valence-corrected chi connectivity index (χ3v) is 5.97. The molecule has 0 saturated carbocycles. The minimum absolute atomic E-state index is 0.00123. The molecule has 0 aliphatic carbocycles. The van der Waals surface area contributed by atoms with E-state index in [1.165, 1.54) is 30.8 Å². The number of aliphatic carboxylic acids is 1. The van der Waals surface area contributed by atoms with Crippen molar-refractivity contribution < 1.29 is 14.6 Å². The zero-order valence-corrected chi connectivity index (χ0v) is 21.6. The molecular formula is C26H25ClN6O5. The van der Waals surface area contributed by atoms with Crippen LogP contribution in [0, 0.1) is 12.3 Å². The molecular weight excluding hydrogens is 512 g/mol. The molecule has 2 aromatic carbocycles. The van der Waals surface area contributed by atoms with Gasteiger partial charge >= 0.3 is 17.3 Å². The molecule has 0 saturated heterocycles. The van der Waals surface area contributed by atoms with E-state index in [1.807, 2.05) is 6.92 Å². The summed E-state index contributed by atoms with van der Waals surface area (Å²) in [5.74, 6) is -0.257. The SMILES string of the molecule is Cc1cc(Nc2nc(=O)n(CC(C)(C)C(=O)O)c(=O)n2Cc2ccc(Cl)cc2)ccc1Oc1cnccn1. The summed E-state index contributed by atoms with van der Waals surface area (Å²) in [6.07, 6.45) is 4.55. The first-order valence-corrected chi connectivity index (χ1v) is 11.9. The highest BCUT2D eigenvalue weighted by molar-refractivity contribution is 6.30. The first kappa shape index (κ1) is 26.6. The van der Waals surface area contributed by atoms with E-state index in [2.05, 4.69) is 20.3 Å². The number of hydrogen-bond donors (Lipinski definition) is 2. The Balaban J connectivity index is 1.72. The fourth-order valence-electron chi connectivity index (χ4n) is 3.56. The summed E-state index contributed by atoms with van der Waals surface area (Å²) >= 11 is 6.00. The Kier molecular flexibility index (Phi) is 7.58. The van der Waals surface area contributed by atoms with Gasteiger partial charge in [-0.15, -0.1) is 0 Å². The summed E-state index contributed by atoms with van der Waals surface area (Å²) in [6, 6.07) is 12.1. The van der Waals surface area contributed by atoms with Crippen molar-refractivity contribution in [1.82, 2.24) is 24.1 Å². The highest BCUT2D eigenvalue weighted by atomic mass is 35.5. The van der Waals surface area contributed by atoms with Gasteiger partial charge in [0.15, 0.2) is 0 Å². The van der Waals surface area contributed by atoms with E-state index in [0.717, 1.165) is 15.7 Å². The molecule has 4 rings (SSSR count). The van der Waals surface area contributed by atoms with Gasteiger partial charge in [0.25, 0.3) is 0 Å². The normalized spacial score (nSPS) is 11.3. The summed E-state index contributed by atoms with van der Waals surface area (Å²) < 4.78 is 7.87. The summed E-state index contributed by atoms with van der Waals surface area (Å²) in [4.78, 5) is 50.2. The highest BCUT2D eigenvalue weighted by Gasteiger charge is 2.30. The number of benzene rings is 2. The fourth-order valence-corrected chi connectivity index (χ4v) is 3.69. The average molecular weight is 537 g/mol. The molecule has 38 heavy (non-hydrogen) atoms. The van der Waals surface area contributed by atoms with E-state index < -0.39 is 22.8 Å². The van der Waals surface area contributed by atoms with Crippen LogP contribution >= 0.6 is 11.6 Å². The topological polar surface area (TPSA) is 141 Å². The number of carboxylic acids is 1. The molecule has 0 radical (unpaired) electrons. The van der Waals surface area contributed by atoms with Crippen LogP contribution < -0.4 is 21.4 Å². The van der Waals surface area contributed by atoms with Crippen molar-refractivity contribution in [2.45, 2.75) is 33.9 Å². The number of nitrogens with zero attached hydrogens (tertiary/aromatic N) is 5. The van der Waals surface area contributed by atoms with Gasteiger partial charge in [0.1, 0.15) is 5.75 Å². The molecule has 0 aliphatic heterocycles. The lowest BCUT2D eigenvalue weighted by atomic mass is 9.94. The number of aromatic nitrogens is 5. The van der Waals surface area contributed by atoms with Gasteiger partial charge in [0.05, 0.1) is 18.2 Å². The first-order chi connectivity index (χ1) is 18.0. The number of carboxylic acid groups (broad SMARTS) is 1. The van der Waals surface area contributed by atoms with Crippen LogP contribution in [0.3, 0.4) is 0 Å². The number of carbonyl (C=O) groups is 1. The number of nitrogens with one attached hydrogen (secondary N) is 1. The minimum Gasteiger partial charge on any atom is -0.481 e. The Labute approximate surface area is 222 Å². The van der Waals surface area contributed by atoms with E-state index in [9.17, 15) is 19.5 Å². The fraction of sp³-hybridized carbons (Fsp3) is 0.231. The lowest BCUT2D eigenvalue weighted by molar-refractivity contribution is -0.147. The van der Waals surface area contributed by atoms with Gasteiger partial charge in [-0.3, -0.25) is 14.3 Å². The number of anilines is 2. The molecule has 0 unspecified atom stereocenters. The standard InChI is InChI=1S/C26H25ClN6O5/c1-16-12-19(8-9-20(16)38-21-13-28-10-11-29-21)30-23-31-24(36)33(15-26(2,3)22(34)35)25(37)32(23)14-17-4-6-18(27)7-5-17/h4-13H,14-15H2,1-3H3,(H,34,35)(H,30,31,36). The van der Waals surface area contributed by atoms with Crippen LogP contribution in [0.2, 0.25) is 5.02 Å². The highest BCUT2D eigenvalue weighted by Crippen LogP contribution is 2.27. The van der Waals surface area contributed by atoms with Crippen molar-refractivity contribution in [3.8, 4) is 11.6 Å². The monoisotopic (exact) mass is 536 g/mol. The molecule has 2 N–H and O–H groups in total. The molecule has 0 aliphatic rings. The molecule has 196 valence electrons. The zero-order valence-electron chi connectivity index (χ0n) is 20.9. The molecule has 0 fully saturated rings. The maximum absolute atomic E-state index is 13.5. The summed E-state index contributed by atoms with van der Waals surface area (Å²) in [5, 5.41) is 13.1. The average Bonchev–Trinajstić information content (AvgIpc) is 2.87. The third-order valence-electron chi connectivity index (χ3n) is 5.72. The van der Waals surface area contributed by atoms with Gasteiger partial charge in [-0.2, -0.15) is 4.98 Å². The second kappa shape index (κ2) is 10.9. The Hall–Kier alpha value is -4.51. The van der Waals surface area contributed by atoms with E-state index in [-0.39, 0.29) is 19.0 Å². The smallest absolute Gasteiger partial charge is 0.354 e. The van der Waals surface area contributed by atoms with Gasteiger partial charge < -0.3 is 15.2 Å². The van der Waals surface area contributed by atoms with Crippen LogP contribution in [0.25, 0.3) is 0 Å². The van der Waals surface area contributed by atoms with Crippen LogP contribution in [0.1, 0.15) is 25.0 Å². The molecule has 0 atom stereocenters. The minimum atomic E-state index is -1.37. The Morgan fingerprint density at radius 1 is 1.11 bits per heavy atom. The van der Waals surface area contributed by atoms with Crippen LogP contribution in [0.4, 0.5) is 11.6 Å². The number of hydrogen-bond acceptors (Lipinski definition) is 8. The van der Waals surface area contributed by atoms with Crippen molar-refractivity contribution in [3.05, 3.63) is 98.2 Å².